The number of carboxylic acids is 1. The summed E-state index contributed by atoms with van der Waals surface area (Å²) in [4.78, 5) is 65.7. The SMILES string of the molecule is CC(CCCc1ccc(OP(=O)(O)O)c(NC(=O)CCCCN2C(=O)C=CC2=O)c1)C(=O)O. The molecule has 0 radical (unpaired) electrons. The Morgan fingerprint density at radius 3 is 2.39 bits per heavy atom. The molecule has 3 amide bonds. The second-order valence-corrected chi connectivity index (χ2v) is 8.87. The molecule has 0 fully saturated rings. The van der Waals surface area contributed by atoms with Gasteiger partial charge in [-0.15, -0.1) is 0 Å². The van der Waals surface area contributed by atoms with Gasteiger partial charge in [-0.2, -0.15) is 0 Å². The number of nitrogens with zero attached hydrogens (tertiary/aromatic N) is 1. The van der Waals surface area contributed by atoms with Crippen molar-refractivity contribution in [3.8, 4) is 5.75 Å². The number of hydrogen-bond donors (Lipinski definition) is 4. The van der Waals surface area contributed by atoms with E-state index < -0.39 is 37.4 Å². The standard InChI is InChI=1S/C21H27N2O9P/c1-14(21(27)28)5-4-6-15-8-9-17(32-33(29,30)31)16(13-15)22-18(24)7-2-3-12-23-19(25)10-11-20(23)26/h8-11,13-14H,2-7,12H2,1H3,(H,22,24)(H,27,28)(H2,29,30,31). The maximum Gasteiger partial charge on any atom is 0.524 e. The summed E-state index contributed by atoms with van der Waals surface area (Å²) in [6.07, 6.45) is 4.75. The monoisotopic (exact) mass is 482 g/mol. The van der Waals surface area contributed by atoms with Crippen molar-refractivity contribution >= 4 is 37.2 Å². The van der Waals surface area contributed by atoms with Crippen LogP contribution in [-0.2, 0) is 30.2 Å². The molecule has 0 bridgehead atoms. The van der Waals surface area contributed by atoms with Gasteiger partial charge in [0.25, 0.3) is 11.8 Å². The molecular weight excluding hydrogens is 455 g/mol. The van der Waals surface area contributed by atoms with Gasteiger partial charge in [0, 0.05) is 25.1 Å². The van der Waals surface area contributed by atoms with Crippen LogP contribution in [0.4, 0.5) is 5.69 Å². The molecular formula is C21H27N2O9P. The zero-order chi connectivity index (χ0) is 24.6. The minimum Gasteiger partial charge on any atom is -0.481 e. The van der Waals surface area contributed by atoms with Crippen LogP contribution in [-0.4, -0.2) is 50.0 Å². The quantitative estimate of drug-likeness (QED) is 0.187. The molecule has 1 aromatic rings. The van der Waals surface area contributed by atoms with E-state index in [0.29, 0.717) is 32.1 Å². The van der Waals surface area contributed by atoms with Crippen LogP contribution in [0, 0.1) is 5.92 Å². The number of hydrogen-bond acceptors (Lipinski definition) is 6. The van der Waals surface area contributed by atoms with Crippen molar-refractivity contribution in [2.75, 3.05) is 11.9 Å². The molecule has 4 N–H and O–H groups in total. The minimum absolute atomic E-state index is 0.0549. The van der Waals surface area contributed by atoms with Crippen LogP contribution in [0.5, 0.6) is 5.75 Å². The van der Waals surface area contributed by atoms with Crippen LogP contribution in [0.2, 0.25) is 0 Å². The number of phosphoric acid groups is 1. The largest absolute Gasteiger partial charge is 0.524 e. The lowest BCUT2D eigenvalue weighted by Gasteiger charge is -2.15. The van der Waals surface area contributed by atoms with Gasteiger partial charge in [-0.05, 0) is 49.8 Å². The highest BCUT2D eigenvalue weighted by molar-refractivity contribution is 7.46. The number of aliphatic carboxylic acids is 1. The van der Waals surface area contributed by atoms with E-state index in [-0.39, 0.29) is 24.4 Å². The van der Waals surface area contributed by atoms with Gasteiger partial charge in [-0.3, -0.25) is 33.9 Å². The highest BCUT2D eigenvalue weighted by atomic mass is 31.2. The molecule has 12 heteroatoms. The van der Waals surface area contributed by atoms with Gasteiger partial charge in [0.15, 0.2) is 5.75 Å². The molecule has 1 aliphatic heterocycles. The van der Waals surface area contributed by atoms with Gasteiger partial charge < -0.3 is 14.9 Å². The van der Waals surface area contributed by atoms with Gasteiger partial charge >= 0.3 is 13.8 Å². The fourth-order valence-corrected chi connectivity index (χ4v) is 3.61. The third kappa shape index (κ3) is 8.80. The number of unbranched alkanes of at least 4 members (excludes halogenated alkanes) is 1. The molecule has 0 aliphatic carbocycles. The number of benzene rings is 1. The zero-order valence-corrected chi connectivity index (χ0v) is 19.0. The third-order valence-electron chi connectivity index (χ3n) is 5.00. The van der Waals surface area contributed by atoms with Crippen molar-refractivity contribution in [3.05, 3.63) is 35.9 Å². The summed E-state index contributed by atoms with van der Waals surface area (Å²) in [5, 5.41) is 11.5. The highest BCUT2D eigenvalue weighted by Crippen LogP contribution is 2.41. The molecule has 1 heterocycles. The Balaban J connectivity index is 1.95. The Hall–Kier alpha value is -3.01. The van der Waals surface area contributed by atoms with E-state index >= 15 is 0 Å². The van der Waals surface area contributed by atoms with Gasteiger partial charge in [-0.1, -0.05) is 13.0 Å². The van der Waals surface area contributed by atoms with Gasteiger partial charge in [0.2, 0.25) is 5.91 Å². The molecule has 1 aliphatic rings. The van der Waals surface area contributed by atoms with E-state index in [1.807, 2.05) is 0 Å². The van der Waals surface area contributed by atoms with Gasteiger partial charge in [0.1, 0.15) is 0 Å². The fourth-order valence-electron chi connectivity index (χ4n) is 3.19. The molecule has 33 heavy (non-hydrogen) atoms. The zero-order valence-electron chi connectivity index (χ0n) is 18.1. The van der Waals surface area contributed by atoms with E-state index in [1.165, 1.54) is 24.3 Å². The molecule has 0 saturated carbocycles. The third-order valence-corrected chi connectivity index (χ3v) is 5.43. The molecule has 2 rings (SSSR count). The first-order chi connectivity index (χ1) is 15.5. The fraction of sp³-hybridized carbons (Fsp3) is 0.429. The summed E-state index contributed by atoms with van der Waals surface area (Å²) in [7, 11) is -4.86. The van der Waals surface area contributed by atoms with E-state index in [1.54, 1.807) is 13.0 Å². The topological polar surface area (TPSA) is 171 Å². The number of nitrogens with one attached hydrogen (secondary N) is 1. The Bertz CT molecular complexity index is 968. The average Bonchev–Trinajstić information content (AvgIpc) is 3.03. The maximum atomic E-state index is 12.4. The Morgan fingerprint density at radius 2 is 1.79 bits per heavy atom. The number of carboxylic acid groups (broad SMARTS) is 1. The first-order valence-corrected chi connectivity index (χ1v) is 11.9. The molecule has 1 atom stereocenters. The summed E-state index contributed by atoms with van der Waals surface area (Å²) in [5.41, 5.74) is 0.820. The predicted molar refractivity (Wildman–Crippen MR) is 117 cm³/mol. The number of carbonyl (C=O) groups excluding carboxylic acids is 3. The summed E-state index contributed by atoms with van der Waals surface area (Å²) < 4.78 is 15.9. The molecule has 0 saturated heterocycles. The number of phosphoric ester groups is 1. The number of amides is 3. The second-order valence-electron chi connectivity index (χ2n) is 7.71. The summed E-state index contributed by atoms with van der Waals surface area (Å²) >= 11 is 0. The minimum atomic E-state index is -4.86. The normalized spacial score (nSPS) is 14.5. The van der Waals surface area contributed by atoms with Crippen LogP contribution in [0.15, 0.2) is 30.4 Å². The van der Waals surface area contributed by atoms with E-state index in [9.17, 15) is 23.7 Å². The number of aryl methyl sites for hydroxylation is 1. The van der Waals surface area contributed by atoms with E-state index in [2.05, 4.69) is 9.84 Å². The van der Waals surface area contributed by atoms with Gasteiger partial charge in [-0.25, -0.2) is 4.57 Å². The van der Waals surface area contributed by atoms with Crippen LogP contribution in [0.3, 0.4) is 0 Å². The smallest absolute Gasteiger partial charge is 0.481 e. The Morgan fingerprint density at radius 1 is 1.12 bits per heavy atom. The molecule has 180 valence electrons. The molecule has 11 nitrogen and oxygen atoms in total. The second kappa shape index (κ2) is 11.7. The predicted octanol–water partition coefficient (Wildman–Crippen LogP) is 2.24. The van der Waals surface area contributed by atoms with E-state index in [0.717, 1.165) is 10.5 Å². The van der Waals surface area contributed by atoms with Crippen molar-refractivity contribution < 1.29 is 43.2 Å². The van der Waals surface area contributed by atoms with Crippen molar-refractivity contribution in [3.63, 3.8) is 0 Å². The van der Waals surface area contributed by atoms with Crippen molar-refractivity contribution in [1.29, 1.82) is 0 Å². The lowest BCUT2D eigenvalue weighted by Crippen LogP contribution is -2.30. The summed E-state index contributed by atoms with van der Waals surface area (Å²) in [6, 6.07) is 4.45. The first kappa shape index (κ1) is 26.2. The van der Waals surface area contributed by atoms with Crippen LogP contribution >= 0.6 is 7.82 Å². The van der Waals surface area contributed by atoms with Crippen LogP contribution < -0.4 is 9.84 Å². The maximum absolute atomic E-state index is 12.4. The summed E-state index contributed by atoms with van der Waals surface area (Å²) in [6.45, 7) is 1.80. The first-order valence-electron chi connectivity index (χ1n) is 10.4. The van der Waals surface area contributed by atoms with Crippen molar-refractivity contribution in [2.24, 2.45) is 5.92 Å². The number of imide groups is 1. The van der Waals surface area contributed by atoms with Crippen molar-refractivity contribution in [1.82, 2.24) is 4.90 Å². The average molecular weight is 482 g/mol. The number of anilines is 1. The molecule has 1 unspecified atom stereocenters. The number of rotatable bonds is 13. The summed E-state index contributed by atoms with van der Waals surface area (Å²) in [5.74, 6) is -2.79. The Kier molecular flexibility index (Phi) is 9.33. The van der Waals surface area contributed by atoms with E-state index in [4.69, 9.17) is 14.9 Å². The van der Waals surface area contributed by atoms with Gasteiger partial charge in [0.05, 0.1) is 11.6 Å². The molecule has 0 aromatic heterocycles. The molecule has 1 aromatic carbocycles. The Labute approximate surface area is 190 Å². The van der Waals surface area contributed by atoms with Crippen LogP contribution in [0.1, 0.15) is 44.6 Å². The lowest BCUT2D eigenvalue weighted by molar-refractivity contribution is -0.141. The highest BCUT2D eigenvalue weighted by Gasteiger charge is 2.23. The molecule has 0 spiro atoms. The van der Waals surface area contributed by atoms with Crippen LogP contribution in [0.25, 0.3) is 0 Å². The lowest BCUT2D eigenvalue weighted by atomic mass is 10.0. The number of carbonyl (C=O) groups is 4. The van der Waals surface area contributed by atoms with Crippen molar-refractivity contribution in [2.45, 2.75) is 45.4 Å².